The molecule has 0 saturated carbocycles. The Morgan fingerprint density at radius 1 is 1.07 bits per heavy atom. The maximum atomic E-state index is 12.6. The van der Waals surface area contributed by atoms with E-state index >= 15 is 0 Å². The molecule has 148 valence electrons. The van der Waals surface area contributed by atoms with Crippen LogP contribution < -0.4 is 19.5 Å². The monoisotopic (exact) mass is 384 g/mol. The van der Waals surface area contributed by atoms with Gasteiger partial charge in [0.1, 0.15) is 5.75 Å². The fourth-order valence-electron chi connectivity index (χ4n) is 3.20. The van der Waals surface area contributed by atoms with Gasteiger partial charge in [0.05, 0.1) is 14.2 Å². The van der Waals surface area contributed by atoms with Gasteiger partial charge in [0.25, 0.3) is 11.8 Å². The topological polar surface area (TPSA) is 77.1 Å². The summed E-state index contributed by atoms with van der Waals surface area (Å²) in [4.78, 5) is 26.1. The van der Waals surface area contributed by atoms with Gasteiger partial charge in [-0.25, -0.2) is 0 Å². The quantitative estimate of drug-likeness (QED) is 0.825. The smallest absolute Gasteiger partial charge is 0.260 e. The van der Waals surface area contributed by atoms with Gasteiger partial charge >= 0.3 is 0 Å². The Kier molecular flexibility index (Phi) is 6.03. The molecule has 2 amide bonds. The highest BCUT2D eigenvalue weighted by Gasteiger charge is 2.23. The van der Waals surface area contributed by atoms with Crippen LogP contribution in [0.25, 0.3) is 0 Å². The van der Waals surface area contributed by atoms with Gasteiger partial charge in [-0.3, -0.25) is 9.59 Å². The van der Waals surface area contributed by atoms with Crippen molar-refractivity contribution in [2.24, 2.45) is 0 Å². The average molecular weight is 384 g/mol. The predicted molar refractivity (Wildman–Crippen MR) is 104 cm³/mol. The molecule has 0 bridgehead atoms. The standard InChI is InChI=1S/C21H24N2O5/c1-22-21(25)15-5-4-6-17(9-15)28-13-20(24)23-8-7-14-10-18(26-2)19(27-3)11-16(14)12-23/h4-6,9-11H,7-8,12-13H2,1-3H3,(H,22,25). The summed E-state index contributed by atoms with van der Waals surface area (Å²) in [6.45, 7) is 1.03. The van der Waals surface area contributed by atoms with Crippen LogP contribution in [-0.4, -0.2) is 51.1 Å². The second-order valence-corrected chi connectivity index (χ2v) is 6.44. The van der Waals surface area contributed by atoms with Gasteiger partial charge in [-0.2, -0.15) is 0 Å². The number of ether oxygens (including phenoxy) is 3. The van der Waals surface area contributed by atoms with Crippen LogP contribution in [0.5, 0.6) is 17.2 Å². The molecule has 2 aromatic rings. The molecule has 3 rings (SSSR count). The Morgan fingerprint density at radius 2 is 1.79 bits per heavy atom. The fraction of sp³-hybridized carbons (Fsp3) is 0.333. The molecule has 0 aromatic heterocycles. The number of nitrogens with zero attached hydrogens (tertiary/aromatic N) is 1. The van der Waals surface area contributed by atoms with Gasteiger partial charge in [-0.15, -0.1) is 0 Å². The van der Waals surface area contributed by atoms with E-state index in [0.29, 0.717) is 35.9 Å². The summed E-state index contributed by atoms with van der Waals surface area (Å²) in [6.07, 6.45) is 0.744. The number of amides is 2. The minimum absolute atomic E-state index is 0.0835. The van der Waals surface area contributed by atoms with Gasteiger partial charge in [-0.05, 0) is 47.9 Å². The zero-order valence-electron chi connectivity index (χ0n) is 16.3. The van der Waals surface area contributed by atoms with Crippen molar-refractivity contribution in [3.8, 4) is 17.2 Å². The Bertz CT molecular complexity index is 881. The first-order valence-corrected chi connectivity index (χ1v) is 9.02. The summed E-state index contributed by atoms with van der Waals surface area (Å²) >= 11 is 0. The molecule has 7 heteroatoms. The van der Waals surface area contributed by atoms with E-state index in [9.17, 15) is 9.59 Å². The summed E-state index contributed by atoms with van der Waals surface area (Å²) in [7, 11) is 4.77. The highest BCUT2D eigenvalue weighted by Crippen LogP contribution is 2.33. The van der Waals surface area contributed by atoms with Crippen molar-refractivity contribution in [1.29, 1.82) is 0 Å². The predicted octanol–water partition coefficient (Wildman–Crippen LogP) is 2.03. The molecule has 0 fully saturated rings. The lowest BCUT2D eigenvalue weighted by atomic mass is 9.99. The van der Waals surface area contributed by atoms with Crippen molar-refractivity contribution in [1.82, 2.24) is 10.2 Å². The normalized spacial score (nSPS) is 12.8. The molecule has 1 heterocycles. The van der Waals surface area contributed by atoms with Crippen molar-refractivity contribution < 1.29 is 23.8 Å². The van der Waals surface area contributed by atoms with Crippen LogP contribution in [0.1, 0.15) is 21.5 Å². The second kappa shape index (κ2) is 8.65. The number of carbonyl (C=O) groups excluding carboxylic acids is 2. The third-order valence-corrected chi connectivity index (χ3v) is 4.76. The number of hydrogen-bond donors (Lipinski definition) is 1. The number of rotatable bonds is 6. The number of fused-ring (bicyclic) bond motifs is 1. The van der Waals surface area contributed by atoms with Gasteiger partial charge in [0, 0.05) is 25.7 Å². The molecule has 7 nitrogen and oxygen atoms in total. The van der Waals surface area contributed by atoms with Crippen molar-refractivity contribution in [2.75, 3.05) is 34.4 Å². The Balaban J connectivity index is 1.64. The second-order valence-electron chi connectivity index (χ2n) is 6.44. The number of benzene rings is 2. The minimum atomic E-state index is -0.200. The van der Waals surface area contributed by atoms with E-state index in [2.05, 4.69) is 5.32 Å². The van der Waals surface area contributed by atoms with E-state index < -0.39 is 0 Å². The SMILES string of the molecule is CNC(=O)c1cccc(OCC(=O)N2CCc3cc(OC)c(OC)cc3C2)c1. The van der Waals surface area contributed by atoms with Gasteiger partial charge in [0.15, 0.2) is 18.1 Å². The average Bonchev–Trinajstić information content (AvgIpc) is 2.75. The van der Waals surface area contributed by atoms with Crippen LogP contribution in [0.2, 0.25) is 0 Å². The molecule has 1 N–H and O–H groups in total. The van der Waals surface area contributed by atoms with Crippen LogP contribution >= 0.6 is 0 Å². The maximum absolute atomic E-state index is 12.6. The fourth-order valence-corrected chi connectivity index (χ4v) is 3.20. The number of nitrogens with one attached hydrogen (secondary N) is 1. The van der Waals surface area contributed by atoms with Crippen molar-refractivity contribution in [2.45, 2.75) is 13.0 Å². The third kappa shape index (κ3) is 4.19. The molecule has 0 radical (unpaired) electrons. The molecular formula is C21H24N2O5. The maximum Gasteiger partial charge on any atom is 0.260 e. The van der Waals surface area contributed by atoms with Crippen LogP contribution in [0.15, 0.2) is 36.4 Å². The summed E-state index contributed by atoms with van der Waals surface area (Å²) in [5.41, 5.74) is 2.68. The molecule has 28 heavy (non-hydrogen) atoms. The molecule has 0 atom stereocenters. The summed E-state index contributed by atoms with van der Waals surface area (Å²) in [5.74, 6) is 1.52. The van der Waals surface area contributed by atoms with E-state index in [1.807, 2.05) is 12.1 Å². The highest BCUT2D eigenvalue weighted by molar-refractivity contribution is 5.94. The number of carbonyl (C=O) groups is 2. The first kappa shape index (κ1) is 19.5. The molecule has 1 aliphatic heterocycles. The van der Waals surface area contributed by atoms with E-state index in [1.54, 1.807) is 50.4 Å². The Labute approximate surface area is 164 Å². The molecule has 0 spiro atoms. The molecule has 1 aliphatic rings. The first-order valence-electron chi connectivity index (χ1n) is 9.02. The lowest BCUT2D eigenvalue weighted by Gasteiger charge is -2.29. The molecule has 2 aromatic carbocycles. The van der Waals surface area contributed by atoms with Crippen LogP contribution in [-0.2, 0) is 17.8 Å². The van der Waals surface area contributed by atoms with Crippen LogP contribution in [0, 0.1) is 0 Å². The number of methoxy groups -OCH3 is 2. The van der Waals surface area contributed by atoms with Crippen molar-refractivity contribution >= 4 is 11.8 Å². The lowest BCUT2D eigenvalue weighted by Crippen LogP contribution is -2.38. The van der Waals surface area contributed by atoms with Gasteiger partial charge in [0.2, 0.25) is 0 Å². The van der Waals surface area contributed by atoms with Crippen LogP contribution in [0.4, 0.5) is 0 Å². The molecular weight excluding hydrogens is 360 g/mol. The van der Waals surface area contributed by atoms with Gasteiger partial charge < -0.3 is 24.4 Å². The largest absolute Gasteiger partial charge is 0.493 e. The van der Waals surface area contributed by atoms with E-state index in [0.717, 1.165) is 17.5 Å². The molecule has 0 aliphatic carbocycles. The zero-order chi connectivity index (χ0) is 20.1. The summed E-state index contributed by atoms with van der Waals surface area (Å²) in [5, 5.41) is 2.56. The van der Waals surface area contributed by atoms with E-state index in [4.69, 9.17) is 14.2 Å². The number of hydrogen-bond acceptors (Lipinski definition) is 5. The third-order valence-electron chi connectivity index (χ3n) is 4.76. The Morgan fingerprint density at radius 3 is 2.46 bits per heavy atom. The lowest BCUT2D eigenvalue weighted by molar-refractivity contribution is -0.134. The molecule has 0 saturated heterocycles. The van der Waals surface area contributed by atoms with Crippen LogP contribution in [0.3, 0.4) is 0 Å². The van der Waals surface area contributed by atoms with E-state index in [1.165, 1.54) is 0 Å². The van der Waals surface area contributed by atoms with Crippen molar-refractivity contribution in [3.05, 3.63) is 53.1 Å². The highest BCUT2D eigenvalue weighted by atomic mass is 16.5. The van der Waals surface area contributed by atoms with E-state index in [-0.39, 0.29) is 18.4 Å². The van der Waals surface area contributed by atoms with Gasteiger partial charge in [-0.1, -0.05) is 6.07 Å². The Hall–Kier alpha value is -3.22. The molecule has 0 unspecified atom stereocenters. The zero-order valence-corrected chi connectivity index (χ0v) is 16.3. The minimum Gasteiger partial charge on any atom is -0.493 e. The first-order chi connectivity index (χ1) is 13.5. The summed E-state index contributed by atoms with van der Waals surface area (Å²) < 4.78 is 16.3. The van der Waals surface area contributed by atoms with Crippen molar-refractivity contribution in [3.63, 3.8) is 0 Å². The summed E-state index contributed by atoms with van der Waals surface area (Å²) in [6, 6.07) is 10.6.